The summed E-state index contributed by atoms with van der Waals surface area (Å²) in [6, 6.07) is 0. The van der Waals surface area contributed by atoms with Crippen LogP contribution in [0.1, 0.15) is 46.8 Å². The zero-order chi connectivity index (χ0) is 17.4. The summed E-state index contributed by atoms with van der Waals surface area (Å²) >= 11 is 1.48. The van der Waals surface area contributed by atoms with E-state index in [1.54, 1.807) is 5.51 Å². The molecule has 0 bridgehead atoms. The third-order valence-corrected chi connectivity index (χ3v) is 6.44. The molecule has 7 heteroatoms. The molecule has 2 fully saturated rings. The molecule has 4 heterocycles. The molecule has 1 amide bonds. The summed E-state index contributed by atoms with van der Waals surface area (Å²) in [7, 11) is 0. The van der Waals surface area contributed by atoms with Gasteiger partial charge in [-0.2, -0.15) is 0 Å². The number of hydrogen-bond donors (Lipinski definition) is 0. The maximum absolute atomic E-state index is 12.5. The van der Waals surface area contributed by atoms with E-state index in [1.165, 1.54) is 16.9 Å². The van der Waals surface area contributed by atoms with E-state index in [0.717, 1.165) is 63.4 Å². The first kappa shape index (κ1) is 16.7. The van der Waals surface area contributed by atoms with Crippen molar-refractivity contribution in [2.75, 3.05) is 26.2 Å². The Hall–Kier alpha value is -1.73. The Bertz CT molecular complexity index is 728. The quantitative estimate of drug-likeness (QED) is 0.842. The minimum Gasteiger partial charge on any atom is -0.361 e. The summed E-state index contributed by atoms with van der Waals surface area (Å²) in [5.41, 5.74) is 4.84. The van der Waals surface area contributed by atoms with Gasteiger partial charge in [-0.1, -0.05) is 5.16 Å². The van der Waals surface area contributed by atoms with Crippen molar-refractivity contribution < 1.29 is 9.32 Å². The predicted molar refractivity (Wildman–Crippen MR) is 95.6 cm³/mol. The average molecular weight is 360 g/mol. The van der Waals surface area contributed by atoms with E-state index in [2.05, 4.69) is 15.0 Å². The van der Waals surface area contributed by atoms with Gasteiger partial charge in [-0.25, -0.2) is 4.98 Å². The highest BCUT2D eigenvalue weighted by atomic mass is 32.1. The number of carbonyl (C=O) groups excluding carboxylic acids is 1. The van der Waals surface area contributed by atoms with E-state index < -0.39 is 0 Å². The first-order valence-corrected chi connectivity index (χ1v) is 9.82. The van der Waals surface area contributed by atoms with Gasteiger partial charge in [-0.15, -0.1) is 11.3 Å². The normalized spacial score (nSPS) is 20.5. The zero-order valence-corrected chi connectivity index (χ0v) is 15.6. The Labute approximate surface area is 151 Å². The van der Waals surface area contributed by atoms with E-state index in [-0.39, 0.29) is 5.91 Å². The molecule has 0 aliphatic carbocycles. The number of rotatable bonds is 3. The Morgan fingerprint density at radius 3 is 2.68 bits per heavy atom. The summed E-state index contributed by atoms with van der Waals surface area (Å²) in [4.78, 5) is 21.2. The van der Waals surface area contributed by atoms with Crippen molar-refractivity contribution in [2.45, 2.75) is 39.7 Å². The second-order valence-corrected chi connectivity index (χ2v) is 8.15. The second-order valence-electron chi connectivity index (χ2n) is 7.43. The Morgan fingerprint density at radius 1 is 1.28 bits per heavy atom. The van der Waals surface area contributed by atoms with Crippen LogP contribution in [0.4, 0.5) is 0 Å². The van der Waals surface area contributed by atoms with Crippen molar-refractivity contribution in [1.82, 2.24) is 19.9 Å². The van der Waals surface area contributed by atoms with Gasteiger partial charge >= 0.3 is 0 Å². The number of nitrogens with zero attached hydrogens (tertiary/aromatic N) is 4. The van der Waals surface area contributed by atoms with Crippen LogP contribution in [-0.4, -0.2) is 52.0 Å². The van der Waals surface area contributed by atoms with E-state index in [1.807, 2.05) is 24.1 Å². The summed E-state index contributed by atoms with van der Waals surface area (Å²) < 4.78 is 5.28. The van der Waals surface area contributed by atoms with Gasteiger partial charge in [0.05, 0.1) is 11.2 Å². The van der Waals surface area contributed by atoms with Crippen molar-refractivity contribution in [3.05, 3.63) is 33.6 Å². The lowest BCUT2D eigenvalue weighted by molar-refractivity contribution is 0.0708. The van der Waals surface area contributed by atoms with Crippen LogP contribution in [0, 0.1) is 19.3 Å². The lowest BCUT2D eigenvalue weighted by Gasteiger charge is -2.39. The summed E-state index contributed by atoms with van der Waals surface area (Å²) in [6.07, 6.45) is 3.41. The van der Waals surface area contributed by atoms with Crippen molar-refractivity contribution in [3.63, 3.8) is 0 Å². The highest BCUT2D eigenvalue weighted by Gasteiger charge is 2.42. The summed E-state index contributed by atoms with van der Waals surface area (Å²) in [5.74, 6) is 1.02. The molecule has 134 valence electrons. The Kier molecular flexibility index (Phi) is 4.37. The standard InChI is InChI=1S/C18H24N4O2S/c1-13-15(14(2)24-20-13)9-21-6-3-18(4-7-21)5-8-22(11-18)17(23)16-10-25-12-19-16/h10,12H,3-9,11H2,1-2H3. The molecule has 0 saturated carbocycles. The number of hydrogen-bond acceptors (Lipinski definition) is 6. The molecule has 0 N–H and O–H groups in total. The molecule has 2 aromatic heterocycles. The third-order valence-electron chi connectivity index (χ3n) is 5.86. The number of aromatic nitrogens is 2. The molecule has 2 aliphatic rings. The highest BCUT2D eigenvalue weighted by molar-refractivity contribution is 7.07. The number of piperidine rings is 1. The van der Waals surface area contributed by atoms with Crippen molar-refractivity contribution in [2.24, 2.45) is 5.41 Å². The molecule has 2 aromatic rings. The molecule has 2 saturated heterocycles. The molecule has 25 heavy (non-hydrogen) atoms. The number of likely N-dealkylation sites (tertiary alicyclic amines) is 2. The SMILES string of the molecule is Cc1noc(C)c1CN1CCC2(CC1)CCN(C(=O)c1cscn1)C2. The van der Waals surface area contributed by atoms with Gasteiger partial charge < -0.3 is 9.42 Å². The Morgan fingerprint density at radius 2 is 2.04 bits per heavy atom. The van der Waals surface area contributed by atoms with Crippen LogP contribution in [-0.2, 0) is 6.54 Å². The second kappa shape index (κ2) is 6.53. The number of carbonyl (C=O) groups is 1. The molecule has 0 unspecified atom stereocenters. The molecule has 1 spiro atoms. The Balaban J connectivity index is 1.35. The van der Waals surface area contributed by atoms with Crippen molar-refractivity contribution >= 4 is 17.2 Å². The summed E-state index contributed by atoms with van der Waals surface area (Å²) in [6.45, 7) is 8.79. The minimum absolute atomic E-state index is 0.0938. The number of aryl methyl sites for hydroxylation is 2. The number of thiazole rings is 1. The third kappa shape index (κ3) is 3.22. The molecule has 0 aromatic carbocycles. The van der Waals surface area contributed by atoms with E-state index in [0.29, 0.717) is 11.1 Å². The average Bonchev–Trinajstić information content (AvgIpc) is 3.34. The fourth-order valence-electron chi connectivity index (χ4n) is 4.13. The van der Waals surface area contributed by atoms with Gasteiger partial charge in [0.15, 0.2) is 0 Å². The van der Waals surface area contributed by atoms with Crippen LogP contribution in [0.15, 0.2) is 15.4 Å². The first-order valence-electron chi connectivity index (χ1n) is 8.88. The zero-order valence-electron chi connectivity index (χ0n) is 14.8. The summed E-state index contributed by atoms with van der Waals surface area (Å²) in [5, 5.41) is 5.90. The van der Waals surface area contributed by atoms with Gasteiger partial charge in [-0.3, -0.25) is 9.69 Å². The maximum Gasteiger partial charge on any atom is 0.273 e. The van der Waals surface area contributed by atoms with Crippen LogP contribution >= 0.6 is 11.3 Å². The molecule has 2 aliphatic heterocycles. The van der Waals surface area contributed by atoms with E-state index >= 15 is 0 Å². The van der Waals surface area contributed by atoms with Crippen LogP contribution < -0.4 is 0 Å². The first-order chi connectivity index (χ1) is 12.1. The van der Waals surface area contributed by atoms with Crippen LogP contribution in [0.5, 0.6) is 0 Å². The van der Waals surface area contributed by atoms with Gasteiger partial charge in [0.25, 0.3) is 5.91 Å². The van der Waals surface area contributed by atoms with Crippen LogP contribution in [0.3, 0.4) is 0 Å². The molecular formula is C18H24N4O2S. The molecule has 6 nitrogen and oxygen atoms in total. The van der Waals surface area contributed by atoms with Gasteiger partial charge in [0.1, 0.15) is 11.5 Å². The fraction of sp³-hybridized carbons (Fsp3) is 0.611. The molecule has 0 atom stereocenters. The molecule has 0 radical (unpaired) electrons. The van der Waals surface area contributed by atoms with Gasteiger partial charge in [-0.05, 0) is 51.6 Å². The molecule has 4 rings (SSSR count). The van der Waals surface area contributed by atoms with Gasteiger partial charge in [0, 0.05) is 30.6 Å². The van der Waals surface area contributed by atoms with Crippen LogP contribution in [0.2, 0.25) is 0 Å². The van der Waals surface area contributed by atoms with E-state index in [4.69, 9.17) is 4.52 Å². The van der Waals surface area contributed by atoms with Crippen molar-refractivity contribution in [3.8, 4) is 0 Å². The van der Waals surface area contributed by atoms with Gasteiger partial charge in [0.2, 0.25) is 0 Å². The lowest BCUT2D eigenvalue weighted by atomic mass is 9.77. The van der Waals surface area contributed by atoms with Crippen LogP contribution in [0.25, 0.3) is 0 Å². The highest BCUT2D eigenvalue weighted by Crippen LogP contribution is 2.41. The fourth-order valence-corrected chi connectivity index (χ4v) is 4.66. The monoisotopic (exact) mass is 360 g/mol. The lowest BCUT2D eigenvalue weighted by Crippen LogP contribution is -2.42. The maximum atomic E-state index is 12.5. The van der Waals surface area contributed by atoms with E-state index in [9.17, 15) is 4.79 Å². The largest absolute Gasteiger partial charge is 0.361 e. The topological polar surface area (TPSA) is 62.5 Å². The van der Waals surface area contributed by atoms with Crippen molar-refractivity contribution in [1.29, 1.82) is 0 Å². The minimum atomic E-state index is 0.0938. The molecular weight excluding hydrogens is 336 g/mol. The number of amides is 1. The smallest absolute Gasteiger partial charge is 0.273 e. The predicted octanol–water partition coefficient (Wildman–Crippen LogP) is 2.88.